The van der Waals surface area contributed by atoms with Gasteiger partial charge in [-0.1, -0.05) is 10.4 Å². The topological polar surface area (TPSA) is 126 Å². The largest absolute Gasteiger partial charge is 0.461 e. The summed E-state index contributed by atoms with van der Waals surface area (Å²) >= 11 is 0. The van der Waals surface area contributed by atoms with Crippen LogP contribution < -0.4 is 5.73 Å². The van der Waals surface area contributed by atoms with Crippen molar-refractivity contribution in [1.82, 2.24) is 25.1 Å². The lowest BCUT2D eigenvalue weighted by atomic mass is 10.4. The maximum Gasteiger partial charge on any atom is 0.270 e. The van der Waals surface area contributed by atoms with Gasteiger partial charge in [0.25, 0.3) is 5.91 Å². The van der Waals surface area contributed by atoms with E-state index in [-0.39, 0.29) is 12.2 Å². The van der Waals surface area contributed by atoms with E-state index in [2.05, 4.69) is 20.5 Å². The van der Waals surface area contributed by atoms with Crippen molar-refractivity contribution in [1.29, 1.82) is 0 Å². The fourth-order valence-corrected chi connectivity index (χ4v) is 1.45. The third-order valence-electron chi connectivity index (χ3n) is 2.30. The summed E-state index contributed by atoms with van der Waals surface area (Å²) < 4.78 is 11.5. The van der Waals surface area contributed by atoms with Gasteiger partial charge in [-0.15, -0.1) is 5.10 Å². The molecule has 0 spiro atoms. The average molecular weight is 260 g/mol. The van der Waals surface area contributed by atoms with E-state index < -0.39 is 5.91 Å². The predicted molar refractivity (Wildman–Crippen MR) is 59.6 cm³/mol. The number of hydrogen-bond acceptors (Lipinski definition) is 7. The van der Waals surface area contributed by atoms with Crippen LogP contribution in [0.25, 0.3) is 11.6 Å². The summed E-state index contributed by atoms with van der Waals surface area (Å²) in [6.45, 7) is 0.188. The Bertz CT molecular complexity index is 699. The molecular weight excluding hydrogens is 252 g/mol. The van der Waals surface area contributed by atoms with Crippen molar-refractivity contribution in [3.63, 3.8) is 0 Å². The molecule has 0 aliphatic rings. The number of primary amides is 1. The molecule has 1 amide bonds. The molecular formula is C10H8N6O3. The average Bonchev–Trinajstić information content (AvgIpc) is 3.09. The molecule has 2 N–H and O–H groups in total. The van der Waals surface area contributed by atoms with Crippen molar-refractivity contribution in [2.24, 2.45) is 5.73 Å². The van der Waals surface area contributed by atoms with E-state index in [9.17, 15) is 4.79 Å². The van der Waals surface area contributed by atoms with Crippen LogP contribution in [0.2, 0.25) is 0 Å². The lowest BCUT2D eigenvalue weighted by Gasteiger charge is -1.91. The highest BCUT2D eigenvalue weighted by Gasteiger charge is 2.13. The lowest BCUT2D eigenvalue weighted by molar-refractivity contribution is 0.0995. The Morgan fingerprint density at radius 1 is 1.47 bits per heavy atom. The van der Waals surface area contributed by atoms with E-state index in [1.807, 2.05) is 0 Å². The van der Waals surface area contributed by atoms with Gasteiger partial charge in [0.1, 0.15) is 6.54 Å². The van der Waals surface area contributed by atoms with E-state index in [1.165, 1.54) is 17.1 Å². The molecule has 0 saturated carbocycles. The predicted octanol–water partition coefficient (Wildman–Crippen LogP) is 0.0683. The summed E-state index contributed by atoms with van der Waals surface area (Å²) in [5, 5.41) is 11.1. The number of carbonyl (C=O) groups excluding carboxylic acids is 1. The summed E-state index contributed by atoms with van der Waals surface area (Å²) in [6.07, 6.45) is 2.92. The standard InChI is InChI=1S/C10H8N6O3/c11-9(17)6-4-16(15-13-6)5-8-12-10(14-19-8)7-2-1-3-18-7/h1-4H,5H2,(H2,11,17). The molecule has 3 heterocycles. The van der Waals surface area contributed by atoms with Gasteiger partial charge in [0.05, 0.1) is 12.5 Å². The monoisotopic (exact) mass is 260 g/mol. The van der Waals surface area contributed by atoms with Gasteiger partial charge in [0.15, 0.2) is 11.5 Å². The molecule has 0 aliphatic heterocycles. The Morgan fingerprint density at radius 3 is 3.05 bits per heavy atom. The molecule has 0 aromatic carbocycles. The van der Waals surface area contributed by atoms with Crippen LogP contribution in [0, 0.1) is 0 Å². The van der Waals surface area contributed by atoms with Gasteiger partial charge in [-0.25, -0.2) is 4.68 Å². The highest BCUT2D eigenvalue weighted by molar-refractivity contribution is 5.90. The molecule has 19 heavy (non-hydrogen) atoms. The van der Waals surface area contributed by atoms with Gasteiger partial charge >= 0.3 is 0 Å². The number of nitrogens with zero attached hydrogens (tertiary/aromatic N) is 5. The van der Waals surface area contributed by atoms with Crippen molar-refractivity contribution in [3.05, 3.63) is 36.2 Å². The Balaban J connectivity index is 1.78. The molecule has 0 aliphatic carbocycles. The smallest absolute Gasteiger partial charge is 0.270 e. The van der Waals surface area contributed by atoms with Crippen LogP contribution in [-0.2, 0) is 6.54 Å². The second-order valence-electron chi connectivity index (χ2n) is 3.65. The zero-order chi connectivity index (χ0) is 13.2. The first kappa shape index (κ1) is 11.1. The molecule has 9 nitrogen and oxygen atoms in total. The van der Waals surface area contributed by atoms with E-state index in [1.54, 1.807) is 12.1 Å². The van der Waals surface area contributed by atoms with Crippen LogP contribution in [0.4, 0.5) is 0 Å². The molecule has 3 aromatic rings. The first-order chi connectivity index (χ1) is 9.22. The van der Waals surface area contributed by atoms with Gasteiger partial charge in [0.2, 0.25) is 11.7 Å². The molecule has 0 fully saturated rings. The first-order valence-corrected chi connectivity index (χ1v) is 5.29. The maximum absolute atomic E-state index is 10.9. The second-order valence-corrected chi connectivity index (χ2v) is 3.65. The fraction of sp³-hybridized carbons (Fsp3) is 0.100. The molecule has 0 radical (unpaired) electrons. The fourth-order valence-electron chi connectivity index (χ4n) is 1.45. The first-order valence-electron chi connectivity index (χ1n) is 5.29. The van der Waals surface area contributed by atoms with Crippen molar-refractivity contribution < 1.29 is 13.7 Å². The van der Waals surface area contributed by atoms with Crippen LogP contribution in [0.5, 0.6) is 0 Å². The summed E-state index contributed by atoms with van der Waals surface area (Å²) in [6, 6.07) is 3.44. The zero-order valence-corrected chi connectivity index (χ0v) is 9.55. The third-order valence-corrected chi connectivity index (χ3v) is 2.30. The number of furan rings is 1. The van der Waals surface area contributed by atoms with Crippen LogP contribution in [0.3, 0.4) is 0 Å². The molecule has 0 saturated heterocycles. The molecule has 0 bridgehead atoms. The Morgan fingerprint density at radius 2 is 2.37 bits per heavy atom. The second kappa shape index (κ2) is 4.37. The Hall–Kier alpha value is -2.97. The Kier molecular flexibility index (Phi) is 2.56. The summed E-state index contributed by atoms with van der Waals surface area (Å²) in [4.78, 5) is 15.0. The summed E-state index contributed by atoms with van der Waals surface area (Å²) in [5.41, 5.74) is 5.14. The number of rotatable bonds is 4. The molecule has 3 aromatic heterocycles. The van der Waals surface area contributed by atoms with Crippen LogP contribution in [0.15, 0.2) is 33.5 Å². The molecule has 0 unspecified atom stereocenters. The number of amides is 1. The van der Waals surface area contributed by atoms with Gasteiger partial charge in [-0.05, 0) is 12.1 Å². The van der Waals surface area contributed by atoms with E-state index in [0.717, 1.165) is 0 Å². The van der Waals surface area contributed by atoms with Gasteiger partial charge in [0, 0.05) is 0 Å². The number of nitrogens with two attached hydrogens (primary N) is 1. The summed E-state index contributed by atoms with van der Waals surface area (Å²) in [5.74, 6) is 0.516. The van der Waals surface area contributed by atoms with Gasteiger partial charge < -0.3 is 14.7 Å². The summed E-state index contributed by atoms with van der Waals surface area (Å²) in [7, 11) is 0. The minimum absolute atomic E-state index is 0.0748. The van der Waals surface area contributed by atoms with Crippen LogP contribution >= 0.6 is 0 Å². The minimum atomic E-state index is -0.645. The van der Waals surface area contributed by atoms with Crippen molar-refractivity contribution in [3.8, 4) is 11.6 Å². The number of aromatic nitrogens is 5. The number of carbonyl (C=O) groups is 1. The Labute approximate surface area is 106 Å². The SMILES string of the molecule is NC(=O)c1cn(Cc2nc(-c3ccco3)no2)nn1. The van der Waals surface area contributed by atoms with E-state index in [4.69, 9.17) is 14.7 Å². The van der Waals surface area contributed by atoms with E-state index >= 15 is 0 Å². The quantitative estimate of drug-likeness (QED) is 0.703. The van der Waals surface area contributed by atoms with Crippen LogP contribution in [0.1, 0.15) is 16.4 Å². The lowest BCUT2D eigenvalue weighted by Crippen LogP contribution is -2.11. The molecule has 0 atom stereocenters. The zero-order valence-electron chi connectivity index (χ0n) is 9.55. The molecule has 3 rings (SSSR count). The highest BCUT2D eigenvalue weighted by Crippen LogP contribution is 2.15. The van der Waals surface area contributed by atoms with Crippen LogP contribution in [-0.4, -0.2) is 31.0 Å². The highest BCUT2D eigenvalue weighted by atomic mass is 16.5. The van der Waals surface area contributed by atoms with E-state index in [0.29, 0.717) is 17.5 Å². The normalized spacial score (nSPS) is 10.7. The number of hydrogen-bond donors (Lipinski definition) is 1. The van der Waals surface area contributed by atoms with Crippen molar-refractivity contribution >= 4 is 5.91 Å². The minimum Gasteiger partial charge on any atom is -0.461 e. The molecule has 96 valence electrons. The maximum atomic E-state index is 10.9. The van der Waals surface area contributed by atoms with Gasteiger partial charge in [-0.3, -0.25) is 4.79 Å². The molecule has 9 heteroatoms. The van der Waals surface area contributed by atoms with Crippen molar-refractivity contribution in [2.45, 2.75) is 6.54 Å². The third kappa shape index (κ3) is 2.20. The van der Waals surface area contributed by atoms with Crippen molar-refractivity contribution in [2.75, 3.05) is 0 Å². The van der Waals surface area contributed by atoms with Gasteiger partial charge in [-0.2, -0.15) is 4.98 Å².